The lowest BCUT2D eigenvalue weighted by molar-refractivity contribution is -0.0855. The van der Waals surface area contributed by atoms with E-state index < -0.39 is 0 Å². The van der Waals surface area contributed by atoms with Crippen LogP contribution in [-0.4, -0.2) is 35.3 Å². The first-order chi connectivity index (χ1) is 9.31. The van der Waals surface area contributed by atoms with Crippen molar-refractivity contribution in [3.63, 3.8) is 0 Å². The maximum atomic E-state index is 5.34. The lowest BCUT2D eigenvalue weighted by Crippen LogP contribution is -2.71. The SMILES string of the molecule is C=Cc1ccc2nc(N3CCC34COC4)ncc2c1. The molecule has 4 heteroatoms. The molecule has 2 saturated heterocycles. The predicted molar refractivity (Wildman–Crippen MR) is 75.1 cm³/mol. The second-order valence-electron chi connectivity index (χ2n) is 5.31. The number of rotatable bonds is 2. The van der Waals surface area contributed by atoms with Gasteiger partial charge in [-0.2, -0.15) is 0 Å². The van der Waals surface area contributed by atoms with Gasteiger partial charge >= 0.3 is 0 Å². The molecule has 0 unspecified atom stereocenters. The summed E-state index contributed by atoms with van der Waals surface area (Å²) < 4.78 is 5.34. The molecular weight excluding hydrogens is 238 g/mol. The molecule has 3 heterocycles. The number of aromatic nitrogens is 2. The Labute approximate surface area is 111 Å². The van der Waals surface area contributed by atoms with E-state index in [1.165, 1.54) is 6.42 Å². The van der Waals surface area contributed by atoms with Crippen molar-refractivity contribution in [2.24, 2.45) is 0 Å². The summed E-state index contributed by atoms with van der Waals surface area (Å²) >= 11 is 0. The molecule has 0 atom stereocenters. The van der Waals surface area contributed by atoms with Crippen LogP contribution >= 0.6 is 0 Å². The van der Waals surface area contributed by atoms with E-state index in [9.17, 15) is 0 Å². The number of nitrogens with zero attached hydrogens (tertiary/aromatic N) is 3. The molecule has 0 bridgehead atoms. The zero-order chi connectivity index (χ0) is 12.9. The van der Waals surface area contributed by atoms with Crippen LogP contribution in [0.4, 0.5) is 5.95 Å². The smallest absolute Gasteiger partial charge is 0.226 e. The molecular formula is C15H15N3O. The summed E-state index contributed by atoms with van der Waals surface area (Å²) in [4.78, 5) is 11.5. The maximum Gasteiger partial charge on any atom is 0.226 e. The van der Waals surface area contributed by atoms with Crippen molar-refractivity contribution in [2.45, 2.75) is 12.0 Å². The summed E-state index contributed by atoms with van der Waals surface area (Å²) in [6, 6.07) is 6.12. The van der Waals surface area contributed by atoms with E-state index in [2.05, 4.69) is 27.5 Å². The van der Waals surface area contributed by atoms with Gasteiger partial charge in [-0.1, -0.05) is 18.7 Å². The Balaban J connectivity index is 1.74. The van der Waals surface area contributed by atoms with Crippen LogP contribution in [0.5, 0.6) is 0 Å². The third kappa shape index (κ3) is 1.50. The molecule has 2 aliphatic heterocycles. The first kappa shape index (κ1) is 10.9. The zero-order valence-electron chi connectivity index (χ0n) is 10.7. The highest BCUT2D eigenvalue weighted by Crippen LogP contribution is 2.39. The van der Waals surface area contributed by atoms with Crippen LogP contribution in [0.25, 0.3) is 17.0 Å². The van der Waals surface area contributed by atoms with Crippen LogP contribution in [0.2, 0.25) is 0 Å². The average molecular weight is 253 g/mol. The molecule has 2 aromatic rings. The Kier molecular flexibility index (Phi) is 2.17. The molecule has 1 aromatic heterocycles. The molecule has 0 radical (unpaired) electrons. The van der Waals surface area contributed by atoms with E-state index in [4.69, 9.17) is 4.74 Å². The minimum absolute atomic E-state index is 0.189. The molecule has 2 aliphatic rings. The first-order valence-corrected chi connectivity index (χ1v) is 6.55. The van der Waals surface area contributed by atoms with Gasteiger partial charge in [0.2, 0.25) is 5.95 Å². The third-order valence-corrected chi connectivity index (χ3v) is 4.18. The fourth-order valence-electron chi connectivity index (χ4n) is 2.79. The van der Waals surface area contributed by atoms with Gasteiger partial charge in [0.1, 0.15) is 0 Å². The summed E-state index contributed by atoms with van der Waals surface area (Å²) in [6.07, 6.45) is 4.92. The van der Waals surface area contributed by atoms with Crippen molar-refractivity contribution in [1.82, 2.24) is 9.97 Å². The fraction of sp³-hybridized carbons (Fsp3) is 0.333. The minimum atomic E-state index is 0.189. The molecule has 19 heavy (non-hydrogen) atoms. The molecule has 4 nitrogen and oxygen atoms in total. The first-order valence-electron chi connectivity index (χ1n) is 6.55. The van der Waals surface area contributed by atoms with E-state index in [0.29, 0.717) is 0 Å². The molecule has 0 saturated carbocycles. The second kappa shape index (κ2) is 3.78. The number of benzene rings is 1. The molecule has 0 aliphatic carbocycles. The standard InChI is InChI=1S/C15H15N3O/c1-2-11-3-4-13-12(7-11)8-16-14(17-13)18-6-5-15(18)9-19-10-15/h2-4,7-8H,1,5-6,9-10H2. The van der Waals surface area contributed by atoms with Crippen LogP contribution in [0.15, 0.2) is 31.0 Å². The van der Waals surface area contributed by atoms with Gasteiger partial charge in [-0.3, -0.25) is 0 Å². The van der Waals surface area contributed by atoms with E-state index in [1.54, 1.807) is 0 Å². The highest BCUT2D eigenvalue weighted by atomic mass is 16.5. The highest BCUT2D eigenvalue weighted by molar-refractivity contribution is 5.81. The quantitative estimate of drug-likeness (QED) is 0.822. The Morgan fingerprint density at radius 2 is 2.26 bits per heavy atom. The van der Waals surface area contributed by atoms with Crippen LogP contribution in [0, 0.1) is 0 Å². The van der Waals surface area contributed by atoms with Gasteiger partial charge in [-0.05, 0) is 24.1 Å². The molecule has 96 valence electrons. The number of anilines is 1. The van der Waals surface area contributed by atoms with Crippen molar-refractivity contribution in [3.8, 4) is 0 Å². The van der Waals surface area contributed by atoms with Crippen molar-refractivity contribution in [3.05, 3.63) is 36.5 Å². The molecule has 1 spiro atoms. The van der Waals surface area contributed by atoms with E-state index in [0.717, 1.165) is 42.2 Å². The number of hydrogen-bond donors (Lipinski definition) is 0. The zero-order valence-corrected chi connectivity index (χ0v) is 10.7. The van der Waals surface area contributed by atoms with Gasteiger partial charge in [0.25, 0.3) is 0 Å². The summed E-state index contributed by atoms with van der Waals surface area (Å²) in [5, 5.41) is 1.06. The maximum absolute atomic E-state index is 5.34. The van der Waals surface area contributed by atoms with Gasteiger partial charge in [0.05, 0.1) is 24.3 Å². The minimum Gasteiger partial charge on any atom is -0.376 e. The van der Waals surface area contributed by atoms with E-state index in [1.807, 2.05) is 24.4 Å². The van der Waals surface area contributed by atoms with Crippen molar-refractivity contribution in [1.29, 1.82) is 0 Å². The summed E-state index contributed by atoms with van der Waals surface area (Å²) in [7, 11) is 0. The van der Waals surface area contributed by atoms with Gasteiger partial charge in [-0.25, -0.2) is 9.97 Å². The number of fused-ring (bicyclic) bond motifs is 1. The Bertz CT molecular complexity index is 658. The van der Waals surface area contributed by atoms with Crippen LogP contribution in [0.1, 0.15) is 12.0 Å². The Morgan fingerprint density at radius 1 is 1.37 bits per heavy atom. The third-order valence-electron chi connectivity index (χ3n) is 4.18. The molecule has 2 fully saturated rings. The Morgan fingerprint density at radius 3 is 2.89 bits per heavy atom. The molecule has 0 N–H and O–H groups in total. The van der Waals surface area contributed by atoms with Crippen molar-refractivity contribution >= 4 is 22.9 Å². The van der Waals surface area contributed by atoms with Crippen LogP contribution in [0.3, 0.4) is 0 Å². The van der Waals surface area contributed by atoms with E-state index in [-0.39, 0.29) is 5.54 Å². The van der Waals surface area contributed by atoms with Crippen molar-refractivity contribution in [2.75, 3.05) is 24.7 Å². The number of hydrogen-bond acceptors (Lipinski definition) is 4. The van der Waals surface area contributed by atoms with Crippen LogP contribution < -0.4 is 4.90 Å². The lowest BCUT2D eigenvalue weighted by Gasteiger charge is -2.57. The normalized spacial score (nSPS) is 20.1. The van der Waals surface area contributed by atoms with E-state index >= 15 is 0 Å². The summed E-state index contributed by atoms with van der Waals surface area (Å²) in [6.45, 7) is 6.43. The van der Waals surface area contributed by atoms with Gasteiger partial charge in [0.15, 0.2) is 0 Å². The highest BCUT2D eigenvalue weighted by Gasteiger charge is 2.51. The molecule has 1 aromatic carbocycles. The van der Waals surface area contributed by atoms with Gasteiger partial charge < -0.3 is 9.64 Å². The number of ether oxygens (including phenoxy) is 1. The molecule has 4 rings (SSSR count). The van der Waals surface area contributed by atoms with Crippen molar-refractivity contribution < 1.29 is 4.74 Å². The Hall–Kier alpha value is -1.94. The fourth-order valence-corrected chi connectivity index (χ4v) is 2.79. The van der Waals surface area contributed by atoms with Crippen LogP contribution in [-0.2, 0) is 4.74 Å². The summed E-state index contributed by atoms with van der Waals surface area (Å²) in [5.74, 6) is 0.827. The monoisotopic (exact) mass is 253 g/mol. The predicted octanol–water partition coefficient (Wildman–Crippen LogP) is 2.25. The summed E-state index contributed by atoms with van der Waals surface area (Å²) in [5.41, 5.74) is 2.27. The van der Waals surface area contributed by atoms with Gasteiger partial charge in [-0.15, -0.1) is 0 Å². The lowest BCUT2D eigenvalue weighted by atomic mass is 9.83. The largest absolute Gasteiger partial charge is 0.376 e. The average Bonchev–Trinajstić information content (AvgIpc) is 2.35. The van der Waals surface area contributed by atoms with Gasteiger partial charge in [0, 0.05) is 18.1 Å². The topological polar surface area (TPSA) is 38.2 Å². The molecule has 0 amide bonds. The second-order valence-corrected chi connectivity index (χ2v) is 5.31.